The number of carbonyl (C=O) groups excluding carboxylic acids is 2. The van der Waals surface area contributed by atoms with E-state index >= 15 is 0 Å². The number of rotatable bonds is 6. The van der Waals surface area contributed by atoms with E-state index in [1.54, 1.807) is 13.8 Å². The van der Waals surface area contributed by atoms with E-state index < -0.39 is 30.1 Å². The number of fused-ring (bicyclic) bond motifs is 3. The molecule has 2 amide bonds. The molecule has 1 heterocycles. The summed E-state index contributed by atoms with van der Waals surface area (Å²) in [4.78, 5) is 38.5. The summed E-state index contributed by atoms with van der Waals surface area (Å²) in [5, 5.41) is 12.0. The lowest BCUT2D eigenvalue weighted by Crippen LogP contribution is -2.51. The second-order valence-electron chi connectivity index (χ2n) is 8.58. The number of hydrogen-bond donors (Lipinski definition) is 2. The third-order valence-corrected chi connectivity index (χ3v) is 7.81. The zero-order chi connectivity index (χ0) is 23.7. The maximum absolute atomic E-state index is 13.0. The Bertz CT molecular complexity index is 1030. The average molecular weight is 469 g/mol. The highest BCUT2D eigenvalue weighted by atomic mass is 32.2. The predicted molar refractivity (Wildman–Crippen MR) is 127 cm³/mol. The molecule has 1 aliphatic carbocycles. The first kappa shape index (κ1) is 23.2. The molecule has 2 aromatic rings. The SMILES string of the molecule is CC(NC(=O)OCC1c2ccccc2-c2ccccc21)C(C)C(=O)N1C(C)SCC1C(=O)O. The minimum absolute atomic E-state index is 0.0451. The van der Waals surface area contributed by atoms with E-state index in [0.717, 1.165) is 22.3 Å². The van der Waals surface area contributed by atoms with Gasteiger partial charge in [0.2, 0.25) is 5.91 Å². The van der Waals surface area contributed by atoms with Crippen molar-refractivity contribution < 1.29 is 24.2 Å². The summed E-state index contributed by atoms with van der Waals surface area (Å²) >= 11 is 1.44. The predicted octanol–water partition coefficient (Wildman–Crippen LogP) is 3.92. The van der Waals surface area contributed by atoms with Gasteiger partial charge in [0, 0.05) is 17.7 Å². The summed E-state index contributed by atoms with van der Waals surface area (Å²) in [6, 6.07) is 14.9. The highest BCUT2D eigenvalue weighted by Crippen LogP contribution is 2.44. The average Bonchev–Trinajstić information content (AvgIpc) is 3.35. The van der Waals surface area contributed by atoms with Crippen LogP contribution in [0.25, 0.3) is 11.1 Å². The number of carboxylic acids is 1. The molecule has 4 atom stereocenters. The lowest BCUT2D eigenvalue weighted by atomic mass is 9.98. The van der Waals surface area contributed by atoms with Gasteiger partial charge in [-0.15, -0.1) is 11.8 Å². The summed E-state index contributed by atoms with van der Waals surface area (Å²) in [5.74, 6) is -1.57. The number of hydrogen-bond acceptors (Lipinski definition) is 5. The van der Waals surface area contributed by atoms with Gasteiger partial charge in [0.25, 0.3) is 0 Å². The highest BCUT2D eigenvalue weighted by molar-refractivity contribution is 8.00. The monoisotopic (exact) mass is 468 g/mol. The van der Waals surface area contributed by atoms with Gasteiger partial charge < -0.3 is 20.1 Å². The van der Waals surface area contributed by atoms with E-state index in [1.807, 2.05) is 31.2 Å². The zero-order valence-electron chi connectivity index (χ0n) is 18.9. The van der Waals surface area contributed by atoms with E-state index in [1.165, 1.54) is 16.7 Å². The standard InChI is InChI=1S/C25H28N2O5S/c1-14(23(28)27-16(3)33-13-22(27)24(29)30)15(2)26-25(31)32-12-21-19-10-6-4-8-17(19)18-9-5-7-11-20(18)21/h4-11,14-16,21-22H,12-13H2,1-3H3,(H,26,31)(H,29,30). The minimum Gasteiger partial charge on any atom is -0.480 e. The second-order valence-corrected chi connectivity index (χ2v) is 9.93. The van der Waals surface area contributed by atoms with Gasteiger partial charge in [-0.1, -0.05) is 55.5 Å². The Morgan fingerprint density at radius 2 is 1.67 bits per heavy atom. The number of carbonyl (C=O) groups is 3. The van der Waals surface area contributed by atoms with Crippen molar-refractivity contribution in [2.45, 2.75) is 44.1 Å². The van der Waals surface area contributed by atoms with Crippen molar-refractivity contribution in [1.29, 1.82) is 0 Å². The molecule has 2 aromatic carbocycles. The first-order valence-electron chi connectivity index (χ1n) is 11.1. The van der Waals surface area contributed by atoms with Crippen LogP contribution in [-0.2, 0) is 14.3 Å². The number of ether oxygens (including phenoxy) is 1. The number of alkyl carbamates (subject to hydrolysis) is 1. The Labute approximate surface area is 197 Å². The first-order valence-corrected chi connectivity index (χ1v) is 12.1. The number of nitrogens with one attached hydrogen (secondary N) is 1. The second kappa shape index (κ2) is 9.47. The van der Waals surface area contributed by atoms with Crippen LogP contribution in [0.3, 0.4) is 0 Å². The van der Waals surface area contributed by atoms with Gasteiger partial charge in [0.05, 0.1) is 11.3 Å². The first-order chi connectivity index (χ1) is 15.8. The molecule has 0 bridgehead atoms. The molecule has 0 spiro atoms. The van der Waals surface area contributed by atoms with Crippen molar-refractivity contribution in [3.8, 4) is 11.1 Å². The van der Waals surface area contributed by atoms with Crippen LogP contribution in [0, 0.1) is 5.92 Å². The van der Waals surface area contributed by atoms with Gasteiger partial charge in [-0.05, 0) is 36.1 Å². The third-order valence-electron chi connectivity index (χ3n) is 6.59. The van der Waals surface area contributed by atoms with Gasteiger partial charge in [0.15, 0.2) is 0 Å². The molecule has 0 radical (unpaired) electrons. The molecular formula is C25H28N2O5S. The topological polar surface area (TPSA) is 95.9 Å². The van der Waals surface area contributed by atoms with Crippen LogP contribution in [0.5, 0.6) is 0 Å². The van der Waals surface area contributed by atoms with E-state index in [4.69, 9.17) is 4.74 Å². The van der Waals surface area contributed by atoms with Gasteiger partial charge >= 0.3 is 12.1 Å². The summed E-state index contributed by atoms with van der Waals surface area (Å²) < 4.78 is 5.57. The van der Waals surface area contributed by atoms with Gasteiger partial charge in [-0.3, -0.25) is 4.79 Å². The molecule has 1 aliphatic heterocycles. The van der Waals surface area contributed by atoms with Gasteiger partial charge in [-0.25, -0.2) is 9.59 Å². The van der Waals surface area contributed by atoms with Crippen molar-refractivity contribution in [3.63, 3.8) is 0 Å². The molecule has 0 aromatic heterocycles. The molecule has 8 heteroatoms. The van der Waals surface area contributed by atoms with Crippen LogP contribution >= 0.6 is 11.8 Å². The Morgan fingerprint density at radius 3 is 2.24 bits per heavy atom. The molecular weight excluding hydrogens is 440 g/mol. The Kier molecular flexibility index (Phi) is 6.65. The Morgan fingerprint density at radius 1 is 1.09 bits per heavy atom. The van der Waals surface area contributed by atoms with Crippen molar-refractivity contribution >= 4 is 29.7 Å². The minimum atomic E-state index is -1.01. The quantitative estimate of drug-likeness (QED) is 0.667. The van der Waals surface area contributed by atoms with Gasteiger partial charge in [0.1, 0.15) is 12.6 Å². The lowest BCUT2D eigenvalue weighted by molar-refractivity contribution is -0.150. The fraction of sp³-hybridized carbons (Fsp3) is 0.400. The number of carboxylic acid groups (broad SMARTS) is 1. The van der Waals surface area contributed by atoms with Crippen LogP contribution in [0.2, 0.25) is 0 Å². The van der Waals surface area contributed by atoms with Crippen LogP contribution in [0.1, 0.15) is 37.8 Å². The fourth-order valence-electron chi connectivity index (χ4n) is 4.57. The zero-order valence-corrected chi connectivity index (χ0v) is 19.7. The molecule has 7 nitrogen and oxygen atoms in total. The molecule has 33 heavy (non-hydrogen) atoms. The van der Waals surface area contributed by atoms with E-state index in [-0.39, 0.29) is 23.8 Å². The normalized spacial score (nSPS) is 21.1. The highest BCUT2D eigenvalue weighted by Gasteiger charge is 2.42. The smallest absolute Gasteiger partial charge is 0.407 e. The fourth-order valence-corrected chi connectivity index (χ4v) is 5.74. The Balaban J connectivity index is 1.37. The molecule has 1 fully saturated rings. The largest absolute Gasteiger partial charge is 0.480 e. The van der Waals surface area contributed by atoms with Gasteiger partial charge in [-0.2, -0.15) is 0 Å². The lowest BCUT2D eigenvalue weighted by Gasteiger charge is -2.30. The number of amides is 2. The number of thioether (sulfide) groups is 1. The maximum atomic E-state index is 13.0. The molecule has 4 rings (SSSR count). The van der Waals surface area contributed by atoms with Crippen molar-refractivity contribution in [2.75, 3.05) is 12.4 Å². The molecule has 174 valence electrons. The summed E-state index contributed by atoms with van der Waals surface area (Å²) in [6.07, 6.45) is -0.595. The molecule has 4 unspecified atom stereocenters. The van der Waals surface area contributed by atoms with Crippen LogP contribution in [0.4, 0.5) is 4.79 Å². The summed E-state index contributed by atoms with van der Waals surface area (Å²) in [7, 11) is 0. The van der Waals surface area contributed by atoms with Crippen molar-refractivity contribution in [1.82, 2.24) is 10.2 Å². The van der Waals surface area contributed by atoms with Crippen LogP contribution in [-0.4, -0.2) is 57.8 Å². The van der Waals surface area contributed by atoms with Crippen LogP contribution < -0.4 is 5.32 Å². The number of benzene rings is 2. The summed E-state index contributed by atoms with van der Waals surface area (Å²) in [6.45, 7) is 5.44. The molecule has 0 saturated carbocycles. The molecule has 2 aliphatic rings. The maximum Gasteiger partial charge on any atom is 0.407 e. The number of aliphatic carboxylic acids is 1. The van der Waals surface area contributed by atoms with Crippen LogP contribution in [0.15, 0.2) is 48.5 Å². The van der Waals surface area contributed by atoms with E-state index in [0.29, 0.717) is 5.75 Å². The third kappa shape index (κ3) is 4.44. The van der Waals surface area contributed by atoms with Crippen molar-refractivity contribution in [3.05, 3.63) is 59.7 Å². The van der Waals surface area contributed by atoms with Crippen molar-refractivity contribution in [2.24, 2.45) is 5.92 Å². The van der Waals surface area contributed by atoms with E-state index in [9.17, 15) is 19.5 Å². The molecule has 2 N–H and O–H groups in total. The Hall–Kier alpha value is -3.00. The number of nitrogens with zero attached hydrogens (tertiary/aromatic N) is 1. The molecule has 1 saturated heterocycles. The van der Waals surface area contributed by atoms with E-state index in [2.05, 4.69) is 29.6 Å². The summed E-state index contributed by atoms with van der Waals surface area (Å²) in [5.41, 5.74) is 4.56.